The van der Waals surface area contributed by atoms with E-state index in [1.54, 1.807) is 12.4 Å². The van der Waals surface area contributed by atoms with Gasteiger partial charge in [-0.05, 0) is 24.6 Å². The number of aromatic amines is 2. The number of anilines is 1. The first-order valence-electron chi connectivity index (χ1n) is 8.15. The van der Waals surface area contributed by atoms with Crippen molar-refractivity contribution < 1.29 is 0 Å². The summed E-state index contributed by atoms with van der Waals surface area (Å²) < 4.78 is 0. The van der Waals surface area contributed by atoms with E-state index < -0.39 is 0 Å². The summed E-state index contributed by atoms with van der Waals surface area (Å²) in [6.45, 7) is 6.22. The summed E-state index contributed by atoms with van der Waals surface area (Å²) in [5, 5.41) is 0. The molecule has 3 aromatic rings. The molecule has 0 amide bonds. The van der Waals surface area contributed by atoms with Gasteiger partial charge in [-0.2, -0.15) is 0 Å². The zero-order chi connectivity index (χ0) is 16.5. The molecule has 1 fully saturated rings. The third-order valence-electron chi connectivity index (χ3n) is 4.42. The summed E-state index contributed by atoms with van der Waals surface area (Å²) in [5.41, 5.74) is 3.20. The predicted molar refractivity (Wildman–Crippen MR) is 93.2 cm³/mol. The molecular formula is C17H20N6O. The highest BCUT2D eigenvalue weighted by molar-refractivity contribution is 5.75. The fourth-order valence-electron chi connectivity index (χ4n) is 3.15. The molecule has 2 aromatic heterocycles. The van der Waals surface area contributed by atoms with E-state index in [4.69, 9.17) is 0 Å². The SMILES string of the molecule is Cc1ccc2nc(CN3CCN(c4ncc[nH]c4=O)CC3)[nH]c2c1. The summed E-state index contributed by atoms with van der Waals surface area (Å²) in [6.07, 6.45) is 3.19. The second kappa shape index (κ2) is 6.09. The van der Waals surface area contributed by atoms with Crippen molar-refractivity contribution in [2.75, 3.05) is 31.1 Å². The highest BCUT2D eigenvalue weighted by atomic mass is 16.1. The van der Waals surface area contributed by atoms with Crippen molar-refractivity contribution in [3.8, 4) is 0 Å². The Morgan fingerprint density at radius 1 is 1.21 bits per heavy atom. The molecule has 0 atom stereocenters. The second-order valence-corrected chi connectivity index (χ2v) is 6.21. The maximum Gasteiger partial charge on any atom is 0.290 e. The maximum atomic E-state index is 11.8. The lowest BCUT2D eigenvalue weighted by Gasteiger charge is -2.34. The molecule has 2 N–H and O–H groups in total. The van der Waals surface area contributed by atoms with Crippen LogP contribution in [0.5, 0.6) is 0 Å². The molecule has 0 bridgehead atoms. The molecule has 7 heteroatoms. The van der Waals surface area contributed by atoms with Crippen molar-refractivity contribution in [2.24, 2.45) is 0 Å². The number of aromatic nitrogens is 4. The summed E-state index contributed by atoms with van der Waals surface area (Å²) in [5.74, 6) is 1.50. The van der Waals surface area contributed by atoms with Crippen LogP contribution in [-0.4, -0.2) is 51.0 Å². The molecule has 0 spiro atoms. The zero-order valence-electron chi connectivity index (χ0n) is 13.6. The number of nitrogens with zero attached hydrogens (tertiary/aromatic N) is 4. The van der Waals surface area contributed by atoms with Gasteiger partial charge in [-0.1, -0.05) is 6.07 Å². The van der Waals surface area contributed by atoms with Gasteiger partial charge in [-0.15, -0.1) is 0 Å². The molecule has 4 rings (SSSR count). The van der Waals surface area contributed by atoms with E-state index in [1.165, 1.54) is 5.56 Å². The molecule has 0 unspecified atom stereocenters. The van der Waals surface area contributed by atoms with Crippen LogP contribution in [-0.2, 0) is 6.54 Å². The Hall–Kier alpha value is -2.67. The predicted octanol–water partition coefficient (Wildman–Crippen LogP) is 1.28. The number of imidazole rings is 1. The summed E-state index contributed by atoms with van der Waals surface area (Å²) >= 11 is 0. The third-order valence-corrected chi connectivity index (χ3v) is 4.42. The Bertz CT molecular complexity index is 907. The lowest BCUT2D eigenvalue weighted by atomic mass is 10.2. The second-order valence-electron chi connectivity index (χ2n) is 6.21. The third kappa shape index (κ3) is 2.90. The van der Waals surface area contributed by atoms with Gasteiger partial charge in [0.05, 0.1) is 17.6 Å². The van der Waals surface area contributed by atoms with E-state index in [-0.39, 0.29) is 5.56 Å². The van der Waals surface area contributed by atoms with Crippen LogP contribution in [0.25, 0.3) is 11.0 Å². The molecule has 0 aliphatic carbocycles. The van der Waals surface area contributed by atoms with Crippen LogP contribution >= 0.6 is 0 Å². The molecule has 124 valence electrons. The lowest BCUT2D eigenvalue weighted by molar-refractivity contribution is 0.244. The minimum atomic E-state index is -0.126. The Labute approximate surface area is 139 Å². The topological polar surface area (TPSA) is 80.9 Å². The number of hydrogen-bond acceptors (Lipinski definition) is 5. The number of fused-ring (bicyclic) bond motifs is 1. The van der Waals surface area contributed by atoms with E-state index in [0.717, 1.165) is 49.6 Å². The van der Waals surface area contributed by atoms with Gasteiger partial charge in [0.1, 0.15) is 5.82 Å². The van der Waals surface area contributed by atoms with Crippen LogP contribution in [0.2, 0.25) is 0 Å². The summed E-state index contributed by atoms with van der Waals surface area (Å²) in [4.78, 5) is 31.1. The minimum absolute atomic E-state index is 0.126. The van der Waals surface area contributed by atoms with Crippen molar-refractivity contribution in [1.82, 2.24) is 24.8 Å². The van der Waals surface area contributed by atoms with E-state index in [2.05, 4.69) is 50.0 Å². The molecular weight excluding hydrogens is 304 g/mol. The fourth-order valence-corrected chi connectivity index (χ4v) is 3.15. The number of piperazine rings is 1. The van der Waals surface area contributed by atoms with Crippen molar-refractivity contribution in [2.45, 2.75) is 13.5 Å². The molecule has 3 heterocycles. The molecule has 1 aromatic carbocycles. The van der Waals surface area contributed by atoms with Crippen LogP contribution in [0.15, 0.2) is 35.4 Å². The average Bonchev–Trinajstić information content (AvgIpc) is 2.97. The monoisotopic (exact) mass is 324 g/mol. The average molecular weight is 324 g/mol. The maximum absolute atomic E-state index is 11.8. The number of aryl methyl sites for hydroxylation is 1. The lowest BCUT2D eigenvalue weighted by Crippen LogP contribution is -2.47. The molecule has 1 saturated heterocycles. The normalized spacial score (nSPS) is 16.0. The highest BCUT2D eigenvalue weighted by Gasteiger charge is 2.20. The van der Waals surface area contributed by atoms with Gasteiger partial charge in [-0.25, -0.2) is 9.97 Å². The van der Waals surface area contributed by atoms with Crippen LogP contribution in [0.1, 0.15) is 11.4 Å². The van der Waals surface area contributed by atoms with Crippen LogP contribution in [0, 0.1) is 6.92 Å². The van der Waals surface area contributed by atoms with Crippen LogP contribution in [0.3, 0.4) is 0 Å². The number of H-pyrrole nitrogens is 2. The Kier molecular flexibility index (Phi) is 3.78. The van der Waals surface area contributed by atoms with Crippen molar-refractivity contribution >= 4 is 16.9 Å². The minimum Gasteiger partial charge on any atom is -0.349 e. The van der Waals surface area contributed by atoms with E-state index >= 15 is 0 Å². The molecule has 24 heavy (non-hydrogen) atoms. The molecule has 0 saturated carbocycles. The van der Waals surface area contributed by atoms with Crippen molar-refractivity contribution in [1.29, 1.82) is 0 Å². The van der Waals surface area contributed by atoms with Crippen LogP contribution < -0.4 is 10.5 Å². The first kappa shape index (κ1) is 14.9. The largest absolute Gasteiger partial charge is 0.349 e. The molecule has 0 radical (unpaired) electrons. The Morgan fingerprint density at radius 3 is 2.83 bits per heavy atom. The molecule has 1 aliphatic rings. The van der Waals surface area contributed by atoms with E-state index in [9.17, 15) is 4.79 Å². The summed E-state index contributed by atoms with van der Waals surface area (Å²) in [6, 6.07) is 6.25. The Morgan fingerprint density at radius 2 is 2.04 bits per heavy atom. The number of benzene rings is 1. The number of hydrogen-bond donors (Lipinski definition) is 2. The highest BCUT2D eigenvalue weighted by Crippen LogP contribution is 2.15. The first-order chi connectivity index (χ1) is 11.7. The smallest absolute Gasteiger partial charge is 0.290 e. The first-order valence-corrected chi connectivity index (χ1v) is 8.15. The van der Waals surface area contributed by atoms with E-state index in [1.807, 2.05) is 4.90 Å². The standard InChI is InChI=1S/C17H20N6O/c1-12-2-3-13-14(10-12)21-15(20-13)11-22-6-8-23(9-7-22)16-17(24)19-5-4-18-16/h2-5,10H,6-9,11H2,1H3,(H,19,24)(H,20,21). The van der Waals surface area contributed by atoms with Crippen molar-refractivity contribution in [3.63, 3.8) is 0 Å². The van der Waals surface area contributed by atoms with Gasteiger partial charge in [-0.3, -0.25) is 9.69 Å². The molecule has 7 nitrogen and oxygen atoms in total. The molecule has 1 aliphatic heterocycles. The Balaban J connectivity index is 1.42. The van der Waals surface area contributed by atoms with Crippen LogP contribution in [0.4, 0.5) is 5.82 Å². The van der Waals surface area contributed by atoms with Gasteiger partial charge in [0, 0.05) is 38.6 Å². The zero-order valence-corrected chi connectivity index (χ0v) is 13.6. The van der Waals surface area contributed by atoms with Crippen molar-refractivity contribution in [3.05, 3.63) is 52.3 Å². The number of nitrogens with one attached hydrogen (secondary N) is 2. The van der Waals surface area contributed by atoms with Gasteiger partial charge in [0.25, 0.3) is 5.56 Å². The van der Waals surface area contributed by atoms with Gasteiger partial charge >= 0.3 is 0 Å². The fraction of sp³-hybridized carbons (Fsp3) is 0.353. The van der Waals surface area contributed by atoms with Gasteiger partial charge < -0.3 is 14.9 Å². The van der Waals surface area contributed by atoms with Gasteiger partial charge in [0.2, 0.25) is 0 Å². The van der Waals surface area contributed by atoms with Gasteiger partial charge in [0.15, 0.2) is 5.82 Å². The number of rotatable bonds is 3. The summed E-state index contributed by atoms with van der Waals surface area (Å²) in [7, 11) is 0. The quantitative estimate of drug-likeness (QED) is 0.758. The van der Waals surface area contributed by atoms with E-state index in [0.29, 0.717) is 5.82 Å².